The number of aliphatic hydroxyl groups is 2. The van der Waals surface area contributed by atoms with Gasteiger partial charge in [0, 0.05) is 19.6 Å². The molecule has 1 saturated carbocycles. The van der Waals surface area contributed by atoms with Crippen molar-refractivity contribution in [3.63, 3.8) is 0 Å². The quantitative estimate of drug-likeness (QED) is 0.432. The smallest absolute Gasteiger partial charge is 0.0698 e. The van der Waals surface area contributed by atoms with Crippen LogP contribution in [0.2, 0.25) is 0 Å². The van der Waals surface area contributed by atoms with Gasteiger partial charge in [-0.25, -0.2) is 0 Å². The van der Waals surface area contributed by atoms with E-state index in [9.17, 15) is 0 Å². The Morgan fingerprint density at radius 2 is 1.67 bits per heavy atom. The zero-order valence-electron chi connectivity index (χ0n) is 21.4. The van der Waals surface area contributed by atoms with Gasteiger partial charge in [-0.3, -0.25) is 4.90 Å². The average Bonchev–Trinajstić information content (AvgIpc) is 2.78. The molecule has 188 valence electrons. The molecule has 0 spiro atoms. The molecule has 0 amide bonds. The van der Waals surface area contributed by atoms with Crippen molar-refractivity contribution in [2.45, 2.75) is 71.1 Å². The van der Waals surface area contributed by atoms with Gasteiger partial charge in [-0.2, -0.15) is 0 Å². The Kier molecular flexibility index (Phi) is 9.78. The molecule has 33 heavy (non-hydrogen) atoms. The fraction of sp³-hybridized carbons (Fsp3) is 0.786. The van der Waals surface area contributed by atoms with Gasteiger partial charge in [0.2, 0.25) is 0 Å². The first kappa shape index (κ1) is 26.6. The third kappa shape index (κ3) is 6.37. The van der Waals surface area contributed by atoms with Gasteiger partial charge in [-0.15, -0.1) is 0 Å². The normalized spacial score (nSPS) is 27.1. The molecule has 3 unspecified atom stereocenters. The summed E-state index contributed by atoms with van der Waals surface area (Å²) in [4.78, 5) is 2.48. The van der Waals surface area contributed by atoms with Crippen LogP contribution < -0.4 is 0 Å². The van der Waals surface area contributed by atoms with Crippen molar-refractivity contribution in [2.24, 2.45) is 11.3 Å². The first-order valence-electron chi connectivity index (χ1n) is 13.1. The second-order valence-electron chi connectivity index (χ2n) is 11.0. The monoisotopic (exact) mass is 461 g/mol. The average molecular weight is 462 g/mol. The molecule has 0 aliphatic heterocycles. The Bertz CT molecular complexity index is 727. The van der Waals surface area contributed by atoms with E-state index in [1.165, 1.54) is 37.7 Å². The second-order valence-corrected chi connectivity index (χ2v) is 11.0. The number of fused-ring (bicyclic) bond motifs is 3. The minimum atomic E-state index is 0.0652. The summed E-state index contributed by atoms with van der Waals surface area (Å²) in [5, 5.41) is 18.1. The van der Waals surface area contributed by atoms with E-state index in [0.717, 1.165) is 19.6 Å². The molecule has 0 radical (unpaired) electrons. The van der Waals surface area contributed by atoms with Gasteiger partial charge in [-0.05, 0) is 65.0 Å². The standard InChI is InChI=1S/C28H47NO4/c1-22(2)23-6-8-25-24(20-23)7-9-26-27(3,10-5-11-28(25,26)4)21-29(12-16-32-18-14-30)13-17-33-19-15-31/h6,8,20,22,26,30-31H,5,7,9-19,21H2,1-4H3. The zero-order valence-corrected chi connectivity index (χ0v) is 21.4. The van der Waals surface area contributed by atoms with Crippen LogP contribution in [0.5, 0.6) is 0 Å². The highest BCUT2D eigenvalue weighted by Gasteiger charge is 2.52. The van der Waals surface area contributed by atoms with Gasteiger partial charge in [0.05, 0.1) is 39.6 Å². The molecule has 0 heterocycles. The molecule has 5 heteroatoms. The van der Waals surface area contributed by atoms with Crippen LogP contribution in [0.3, 0.4) is 0 Å². The molecule has 5 nitrogen and oxygen atoms in total. The van der Waals surface area contributed by atoms with E-state index >= 15 is 0 Å². The summed E-state index contributed by atoms with van der Waals surface area (Å²) in [6.07, 6.45) is 6.26. The highest BCUT2D eigenvalue weighted by Crippen LogP contribution is 2.57. The van der Waals surface area contributed by atoms with Gasteiger partial charge >= 0.3 is 0 Å². The van der Waals surface area contributed by atoms with Gasteiger partial charge in [0.1, 0.15) is 0 Å². The Morgan fingerprint density at radius 1 is 1.00 bits per heavy atom. The summed E-state index contributed by atoms with van der Waals surface area (Å²) >= 11 is 0. The molecular weight excluding hydrogens is 414 g/mol. The molecule has 0 saturated heterocycles. The predicted octanol–water partition coefficient (Wildman–Crippen LogP) is 4.14. The summed E-state index contributed by atoms with van der Waals surface area (Å²) in [5.41, 5.74) is 5.12. The van der Waals surface area contributed by atoms with Crippen LogP contribution in [-0.4, -0.2) is 74.4 Å². The van der Waals surface area contributed by atoms with Crippen molar-refractivity contribution in [1.29, 1.82) is 0 Å². The number of nitrogens with zero attached hydrogens (tertiary/aromatic N) is 1. The van der Waals surface area contributed by atoms with Gasteiger partial charge in [-0.1, -0.05) is 52.3 Å². The minimum absolute atomic E-state index is 0.0652. The third-order valence-electron chi connectivity index (χ3n) is 8.33. The number of hydrogen-bond acceptors (Lipinski definition) is 5. The Labute approximate surface area is 201 Å². The lowest BCUT2D eigenvalue weighted by atomic mass is 9.49. The summed E-state index contributed by atoms with van der Waals surface area (Å²) < 4.78 is 11.2. The largest absolute Gasteiger partial charge is 0.394 e. The number of ether oxygens (including phenoxy) is 2. The van der Waals surface area contributed by atoms with E-state index in [-0.39, 0.29) is 24.0 Å². The Balaban J connectivity index is 1.76. The highest BCUT2D eigenvalue weighted by atomic mass is 16.5. The first-order chi connectivity index (χ1) is 15.8. The highest BCUT2D eigenvalue weighted by molar-refractivity contribution is 5.42. The summed E-state index contributed by atoms with van der Waals surface area (Å²) in [7, 11) is 0. The molecule has 3 atom stereocenters. The molecular formula is C28H47NO4. The third-order valence-corrected chi connectivity index (χ3v) is 8.33. The van der Waals surface area contributed by atoms with E-state index < -0.39 is 0 Å². The van der Waals surface area contributed by atoms with E-state index in [0.29, 0.717) is 38.3 Å². The van der Waals surface area contributed by atoms with Gasteiger partial charge in [0.15, 0.2) is 0 Å². The maximum absolute atomic E-state index is 9.04. The van der Waals surface area contributed by atoms with Crippen LogP contribution in [0.4, 0.5) is 0 Å². The SMILES string of the molecule is CC(C)c1ccc2c(c1)CCC1C(C)(CN(CCOCCO)CCOCCO)CCCC21C. The molecule has 0 bridgehead atoms. The molecule has 2 aliphatic carbocycles. The first-order valence-corrected chi connectivity index (χ1v) is 13.1. The lowest BCUT2D eigenvalue weighted by Gasteiger charge is -2.56. The minimum Gasteiger partial charge on any atom is -0.394 e. The number of benzene rings is 1. The number of aryl methyl sites for hydroxylation is 1. The van der Waals surface area contributed by atoms with Crippen molar-refractivity contribution >= 4 is 0 Å². The topological polar surface area (TPSA) is 62.2 Å². The number of rotatable bonds is 13. The van der Waals surface area contributed by atoms with E-state index in [2.05, 4.69) is 50.8 Å². The van der Waals surface area contributed by atoms with E-state index in [1.54, 1.807) is 11.1 Å². The summed E-state index contributed by atoms with van der Waals surface area (Å²) in [5.74, 6) is 1.24. The Hall–Kier alpha value is -0.980. The molecule has 2 N–H and O–H groups in total. The van der Waals surface area contributed by atoms with Crippen molar-refractivity contribution in [2.75, 3.05) is 59.3 Å². The maximum Gasteiger partial charge on any atom is 0.0698 e. The maximum atomic E-state index is 9.04. The molecule has 1 aromatic carbocycles. The Morgan fingerprint density at radius 3 is 2.27 bits per heavy atom. The molecule has 1 fully saturated rings. The lowest BCUT2D eigenvalue weighted by Crippen LogP contribution is -2.53. The van der Waals surface area contributed by atoms with Crippen LogP contribution >= 0.6 is 0 Å². The van der Waals surface area contributed by atoms with Gasteiger partial charge < -0.3 is 19.7 Å². The van der Waals surface area contributed by atoms with E-state index in [1.807, 2.05) is 0 Å². The molecule has 2 aliphatic rings. The number of aliphatic hydroxyl groups excluding tert-OH is 2. The summed E-state index contributed by atoms with van der Waals surface area (Å²) in [6, 6.07) is 7.30. The molecule has 3 rings (SSSR count). The van der Waals surface area contributed by atoms with Crippen molar-refractivity contribution in [3.05, 3.63) is 34.9 Å². The molecule has 1 aromatic rings. The lowest BCUT2D eigenvalue weighted by molar-refractivity contribution is -0.0193. The van der Waals surface area contributed by atoms with Crippen LogP contribution in [0.15, 0.2) is 18.2 Å². The van der Waals surface area contributed by atoms with Crippen LogP contribution in [0.1, 0.15) is 76.0 Å². The fourth-order valence-corrected chi connectivity index (χ4v) is 6.69. The van der Waals surface area contributed by atoms with Crippen molar-refractivity contribution < 1.29 is 19.7 Å². The second kappa shape index (κ2) is 12.1. The van der Waals surface area contributed by atoms with Crippen molar-refractivity contribution in [3.8, 4) is 0 Å². The summed E-state index contributed by atoms with van der Waals surface area (Å²) in [6.45, 7) is 14.5. The predicted molar refractivity (Wildman–Crippen MR) is 134 cm³/mol. The van der Waals surface area contributed by atoms with Crippen LogP contribution in [0, 0.1) is 11.3 Å². The fourth-order valence-electron chi connectivity index (χ4n) is 6.69. The molecule has 0 aromatic heterocycles. The number of hydrogen-bond donors (Lipinski definition) is 2. The zero-order chi connectivity index (χ0) is 23.9. The van der Waals surface area contributed by atoms with E-state index in [4.69, 9.17) is 19.7 Å². The van der Waals surface area contributed by atoms with Crippen LogP contribution in [0.25, 0.3) is 0 Å². The van der Waals surface area contributed by atoms with Crippen molar-refractivity contribution in [1.82, 2.24) is 4.90 Å². The van der Waals surface area contributed by atoms with Gasteiger partial charge in [0.25, 0.3) is 0 Å². The van der Waals surface area contributed by atoms with Crippen LogP contribution in [-0.2, 0) is 21.3 Å².